The summed E-state index contributed by atoms with van der Waals surface area (Å²) in [6.45, 7) is 0.490. The highest BCUT2D eigenvalue weighted by molar-refractivity contribution is 6.33. The van der Waals surface area contributed by atoms with E-state index in [2.05, 4.69) is 10.1 Å². The fourth-order valence-electron chi connectivity index (χ4n) is 1.98. The van der Waals surface area contributed by atoms with Crippen molar-refractivity contribution in [2.24, 2.45) is 5.92 Å². The van der Waals surface area contributed by atoms with Crippen LogP contribution in [0, 0.1) is 5.92 Å². The zero-order valence-corrected chi connectivity index (χ0v) is 11.6. The minimum Gasteiger partial charge on any atom is -0.385 e. The molecule has 6 heteroatoms. The van der Waals surface area contributed by atoms with Crippen LogP contribution < -0.4 is 0 Å². The highest BCUT2D eigenvalue weighted by Gasteiger charge is 2.33. The van der Waals surface area contributed by atoms with Crippen molar-refractivity contribution in [2.75, 3.05) is 0 Å². The Balaban J connectivity index is 1.77. The lowest BCUT2D eigenvalue weighted by Gasteiger charge is -2.05. The molecule has 1 atom stereocenters. The Morgan fingerprint density at radius 3 is 2.89 bits per heavy atom. The molecule has 1 saturated carbocycles. The van der Waals surface area contributed by atoms with Crippen LogP contribution in [0.15, 0.2) is 24.5 Å². The van der Waals surface area contributed by atoms with Crippen molar-refractivity contribution in [3.05, 3.63) is 46.0 Å². The van der Waals surface area contributed by atoms with Gasteiger partial charge in [-0.15, -0.1) is 0 Å². The van der Waals surface area contributed by atoms with Crippen LogP contribution in [0.3, 0.4) is 0 Å². The van der Waals surface area contributed by atoms with Gasteiger partial charge in [0.15, 0.2) is 5.82 Å². The Morgan fingerprint density at radius 2 is 2.16 bits per heavy atom. The van der Waals surface area contributed by atoms with Gasteiger partial charge in [-0.05, 0) is 42.5 Å². The number of nitrogens with zero attached hydrogens (tertiary/aromatic N) is 3. The fraction of sp³-hybridized carbons (Fsp3) is 0.385. The largest absolute Gasteiger partial charge is 0.385 e. The average Bonchev–Trinajstić information content (AvgIpc) is 3.13. The average molecular weight is 298 g/mol. The zero-order valence-electron chi connectivity index (χ0n) is 10.1. The minimum absolute atomic E-state index is 0.325. The van der Waals surface area contributed by atoms with Crippen LogP contribution in [0.4, 0.5) is 0 Å². The summed E-state index contributed by atoms with van der Waals surface area (Å²) in [6, 6.07) is 5.32. The van der Waals surface area contributed by atoms with Crippen LogP contribution in [0.2, 0.25) is 10.0 Å². The van der Waals surface area contributed by atoms with E-state index in [1.165, 1.54) is 0 Å². The van der Waals surface area contributed by atoms with Gasteiger partial charge >= 0.3 is 0 Å². The highest BCUT2D eigenvalue weighted by atomic mass is 35.5. The van der Waals surface area contributed by atoms with E-state index < -0.39 is 6.10 Å². The molecule has 0 radical (unpaired) electrons. The number of rotatable bonds is 4. The molecule has 1 unspecified atom stereocenters. The van der Waals surface area contributed by atoms with Gasteiger partial charge in [-0.3, -0.25) is 0 Å². The molecule has 1 heterocycles. The van der Waals surface area contributed by atoms with Crippen LogP contribution in [0.25, 0.3) is 0 Å². The molecule has 19 heavy (non-hydrogen) atoms. The Labute approximate surface area is 121 Å². The van der Waals surface area contributed by atoms with Crippen LogP contribution in [-0.4, -0.2) is 19.9 Å². The molecule has 1 aliphatic rings. The van der Waals surface area contributed by atoms with Gasteiger partial charge in [0.2, 0.25) is 0 Å². The Bertz CT molecular complexity index is 595. The van der Waals surface area contributed by atoms with Crippen molar-refractivity contribution in [3.8, 4) is 0 Å². The summed E-state index contributed by atoms with van der Waals surface area (Å²) in [4.78, 5) is 4.15. The maximum Gasteiger partial charge on any atom is 0.179 e. The summed E-state index contributed by atoms with van der Waals surface area (Å²) in [7, 11) is 0. The minimum atomic E-state index is -0.545. The third-order valence-electron chi connectivity index (χ3n) is 3.23. The van der Waals surface area contributed by atoms with Gasteiger partial charge in [-0.2, -0.15) is 5.10 Å². The van der Waals surface area contributed by atoms with Crippen molar-refractivity contribution < 1.29 is 5.11 Å². The second kappa shape index (κ2) is 5.12. The molecule has 0 saturated heterocycles. The smallest absolute Gasteiger partial charge is 0.179 e. The van der Waals surface area contributed by atoms with Crippen LogP contribution in [0.1, 0.15) is 30.3 Å². The van der Waals surface area contributed by atoms with Gasteiger partial charge in [0.05, 0.1) is 6.54 Å². The second-order valence-electron chi connectivity index (χ2n) is 4.82. The van der Waals surface area contributed by atoms with E-state index in [1.807, 2.05) is 6.07 Å². The third-order valence-corrected chi connectivity index (χ3v) is 3.83. The molecule has 2 aromatic rings. The molecule has 0 bridgehead atoms. The first-order valence-electron chi connectivity index (χ1n) is 6.15. The van der Waals surface area contributed by atoms with E-state index in [0.717, 1.165) is 18.4 Å². The first-order valence-corrected chi connectivity index (χ1v) is 6.90. The molecule has 0 aliphatic heterocycles. The second-order valence-corrected chi connectivity index (χ2v) is 5.66. The number of hydrogen-bond acceptors (Lipinski definition) is 3. The van der Waals surface area contributed by atoms with E-state index in [-0.39, 0.29) is 0 Å². The van der Waals surface area contributed by atoms with E-state index in [4.69, 9.17) is 23.2 Å². The summed E-state index contributed by atoms with van der Waals surface area (Å²) < 4.78 is 1.67. The Morgan fingerprint density at radius 1 is 1.37 bits per heavy atom. The molecule has 1 N–H and O–H groups in total. The van der Waals surface area contributed by atoms with Crippen molar-refractivity contribution in [1.29, 1.82) is 0 Å². The van der Waals surface area contributed by atoms with Crippen molar-refractivity contribution in [1.82, 2.24) is 14.8 Å². The van der Waals surface area contributed by atoms with Crippen LogP contribution in [-0.2, 0) is 6.54 Å². The molecule has 4 nitrogen and oxygen atoms in total. The number of aromatic nitrogens is 3. The monoisotopic (exact) mass is 297 g/mol. The van der Waals surface area contributed by atoms with Gasteiger partial charge < -0.3 is 5.11 Å². The number of aliphatic hydroxyl groups is 1. The summed E-state index contributed by atoms with van der Waals surface area (Å²) in [6.07, 6.45) is 3.17. The maximum absolute atomic E-state index is 9.95. The lowest BCUT2D eigenvalue weighted by Crippen LogP contribution is -2.05. The normalized spacial score (nSPS) is 16.6. The number of hydrogen-bond donors (Lipinski definition) is 1. The van der Waals surface area contributed by atoms with E-state index in [9.17, 15) is 5.11 Å². The summed E-state index contributed by atoms with van der Waals surface area (Å²) >= 11 is 12.1. The number of aliphatic hydroxyl groups excluding tert-OH is 1. The SMILES string of the molecule is OC(c1ncn(Cc2cc(Cl)ccc2Cl)n1)C1CC1. The van der Waals surface area contributed by atoms with Gasteiger partial charge in [-0.25, -0.2) is 9.67 Å². The van der Waals surface area contributed by atoms with Crippen molar-refractivity contribution >= 4 is 23.2 Å². The molecule has 0 spiro atoms. The summed E-state index contributed by atoms with van der Waals surface area (Å²) in [5, 5.41) is 15.5. The van der Waals surface area contributed by atoms with Gasteiger partial charge in [0.25, 0.3) is 0 Å². The molecule has 1 aromatic carbocycles. The first kappa shape index (κ1) is 12.9. The summed E-state index contributed by atoms with van der Waals surface area (Å²) in [5.41, 5.74) is 0.881. The Hall–Kier alpha value is -1.10. The Kier molecular flexibility index (Phi) is 3.48. The molecule has 0 amide bonds. The topological polar surface area (TPSA) is 50.9 Å². The third kappa shape index (κ3) is 2.91. The zero-order chi connectivity index (χ0) is 13.4. The summed E-state index contributed by atoms with van der Waals surface area (Å²) in [5.74, 6) is 0.811. The molecule has 1 aromatic heterocycles. The van der Waals surface area contributed by atoms with Crippen LogP contribution in [0.5, 0.6) is 0 Å². The van der Waals surface area contributed by atoms with E-state index >= 15 is 0 Å². The number of benzene rings is 1. The lowest BCUT2D eigenvalue weighted by atomic mass is 10.2. The van der Waals surface area contributed by atoms with Crippen LogP contribution >= 0.6 is 23.2 Å². The van der Waals surface area contributed by atoms with Gasteiger partial charge in [-0.1, -0.05) is 23.2 Å². The lowest BCUT2D eigenvalue weighted by molar-refractivity contribution is 0.144. The van der Waals surface area contributed by atoms with Crippen molar-refractivity contribution in [3.63, 3.8) is 0 Å². The fourth-order valence-corrected chi connectivity index (χ4v) is 2.35. The molecule has 3 rings (SSSR count). The molecule has 1 aliphatic carbocycles. The quantitative estimate of drug-likeness (QED) is 0.943. The predicted molar refractivity (Wildman–Crippen MR) is 73.3 cm³/mol. The molecular weight excluding hydrogens is 285 g/mol. The van der Waals surface area contributed by atoms with E-state index in [0.29, 0.717) is 28.3 Å². The van der Waals surface area contributed by atoms with E-state index in [1.54, 1.807) is 23.1 Å². The highest BCUT2D eigenvalue weighted by Crippen LogP contribution is 2.39. The number of halogens is 2. The maximum atomic E-state index is 9.95. The van der Waals surface area contributed by atoms with Crippen molar-refractivity contribution in [2.45, 2.75) is 25.5 Å². The first-order chi connectivity index (χ1) is 9.13. The van der Waals surface area contributed by atoms with Gasteiger partial charge in [0.1, 0.15) is 12.4 Å². The molecular formula is C13H13Cl2N3O. The molecule has 1 fully saturated rings. The van der Waals surface area contributed by atoms with Gasteiger partial charge in [0, 0.05) is 10.0 Å². The molecule has 100 valence electrons. The standard InChI is InChI=1S/C13H13Cl2N3O/c14-10-3-4-11(15)9(5-10)6-18-7-16-13(17-18)12(19)8-1-2-8/h3-5,7-8,12,19H,1-2,6H2. The predicted octanol–water partition coefficient (Wildman–Crippen LogP) is 3.08.